The SMILES string of the molecule is CC(NC(C)c1ccc2c(c1)CCC2)C(=O)N1CCCC1. The number of carbonyl (C=O) groups is 1. The lowest BCUT2D eigenvalue weighted by atomic mass is 10.0. The van der Waals surface area contributed by atoms with E-state index in [0.717, 1.165) is 25.9 Å². The molecule has 0 spiro atoms. The summed E-state index contributed by atoms with van der Waals surface area (Å²) in [6.45, 7) is 6.01. The van der Waals surface area contributed by atoms with Gasteiger partial charge in [-0.15, -0.1) is 0 Å². The Balaban J connectivity index is 1.62. The van der Waals surface area contributed by atoms with E-state index in [1.807, 2.05) is 11.8 Å². The van der Waals surface area contributed by atoms with Crippen molar-refractivity contribution >= 4 is 5.91 Å². The van der Waals surface area contributed by atoms with E-state index in [1.165, 1.54) is 36.0 Å². The number of hydrogen-bond acceptors (Lipinski definition) is 2. The molecule has 0 saturated carbocycles. The molecular formula is C18H26N2O. The molecule has 21 heavy (non-hydrogen) atoms. The molecule has 1 heterocycles. The number of aryl methyl sites for hydroxylation is 2. The predicted molar refractivity (Wildman–Crippen MR) is 85.3 cm³/mol. The van der Waals surface area contributed by atoms with Gasteiger partial charge in [0.15, 0.2) is 0 Å². The first-order valence-electron chi connectivity index (χ1n) is 8.31. The van der Waals surface area contributed by atoms with Gasteiger partial charge in [0.1, 0.15) is 0 Å². The molecule has 3 nitrogen and oxygen atoms in total. The monoisotopic (exact) mass is 286 g/mol. The first-order chi connectivity index (χ1) is 10.1. The fraction of sp³-hybridized carbons (Fsp3) is 0.611. The molecule has 1 aromatic rings. The van der Waals surface area contributed by atoms with Crippen LogP contribution in [-0.2, 0) is 17.6 Å². The molecule has 3 rings (SSSR count). The van der Waals surface area contributed by atoms with Gasteiger partial charge < -0.3 is 4.90 Å². The first-order valence-corrected chi connectivity index (χ1v) is 8.31. The molecule has 1 amide bonds. The van der Waals surface area contributed by atoms with Crippen molar-refractivity contribution < 1.29 is 4.79 Å². The number of nitrogens with one attached hydrogen (secondary N) is 1. The zero-order chi connectivity index (χ0) is 14.8. The van der Waals surface area contributed by atoms with Crippen molar-refractivity contribution in [2.75, 3.05) is 13.1 Å². The zero-order valence-electron chi connectivity index (χ0n) is 13.2. The Bertz CT molecular complexity index is 520. The third kappa shape index (κ3) is 3.13. The number of nitrogens with zero attached hydrogens (tertiary/aromatic N) is 1. The van der Waals surface area contributed by atoms with Gasteiger partial charge in [-0.05, 0) is 62.6 Å². The van der Waals surface area contributed by atoms with Gasteiger partial charge in [-0.3, -0.25) is 10.1 Å². The standard InChI is InChI=1S/C18H26N2O/c1-13(16-9-8-15-6-5-7-17(15)12-16)19-14(2)18(21)20-10-3-4-11-20/h8-9,12-14,19H,3-7,10-11H2,1-2H3. The van der Waals surface area contributed by atoms with Crippen molar-refractivity contribution in [3.8, 4) is 0 Å². The third-order valence-corrected chi connectivity index (χ3v) is 4.91. The Labute approximate surface area is 127 Å². The summed E-state index contributed by atoms with van der Waals surface area (Å²) in [5.74, 6) is 0.250. The van der Waals surface area contributed by atoms with Gasteiger partial charge in [-0.1, -0.05) is 18.2 Å². The molecule has 1 saturated heterocycles. The van der Waals surface area contributed by atoms with Crippen LogP contribution in [0.2, 0.25) is 0 Å². The highest BCUT2D eigenvalue weighted by Gasteiger charge is 2.24. The largest absolute Gasteiger partial charge is 0.341 e. The van der Waals surface area contributed by atoms with Crippen LogP contribution < -0.4 is 5.32 Å². The first kappa shape index (κ1) is 14.6. The Morgan fingerprint density at radius 3 is 2.57 bits per heavy atom. The highest BCUT2D eigenvalue weighted by atomic mass is 16.2. The zero-order valence-corrected chi connectivity index (χ0v) is 13.2. The molecule has 1 fully saturated rings. The molecule has 1 aliphatic carbocycles. The van der Waals surface area contributed by atoms with E-state index in [1.54, 1.807) is 0 Å². The van der Waals surface area contributed by atoms with Gasteiger partial charge in [0.05, 0.1) is 6.04 Å². The van der Waals surface area contributed by atoms with Crippen LogP contribution in [-0.4, -0.2) is 29.9 Å². The second kappa shape index (κ2) is 6.18. The summed E-state index contributed by atoms with van der Waals surface area (Å²) < 4.78 is 0. The van der Waals surface area contributed by atoms with E-state index >= 15 is 0 Å². The minimum absolute atomic E-state index is 0.105. The molecule has 3 heteroatoms. The lowest BCUT2D eigenvalue weighted by Crippen LogP contribution is -2.44. The highest BCUT2D eigenvalue weighted by Crippen LogP contribution is 2.25. The lowest BCUT2D eigenvalue weighted by Gasteiger charge is -2.24. The summed E-state index contributed by atoms with van der Waals surface area (Å²) in [6, 6.07) is 6.92. The molecule has 1 aliphatic heterocycles. The molecule has 0 aromatic heterocycles. The van der Waals surface area contributed by atoms with Crippen molar-refractivity contribution in [1.29, 1.82) is 0 Å². The average Bonchev–Trinajstić information content (AvgIpc) is 3.16. The number of likely N-dealkylation sites (tertiary alicyclic amines) is 1. The van der Waals surface area contributed by atoms with Crippen molar-refractivity contribution in [1.82, 2.24) is 10.2 Å². The number of rotatable bonds is 4. The van der Waals surface area contributed by atoms with Gasteiger partial charge in [-0.2, -0.15) is 0 Å². The van der Waals surface area contributed by atoms with Crippen LogP contribution in [0.25, 0.3) is 0 Å². The van der Waals surface area contributed by atoms with Gasteiger partial charge >= 0.3 is 0 Å². The maximum atomic E-state index is 12.4. The van der Waals surface area contributed by atoms with E-state index in [-0.39, 0.29) is 18.0 Å². The second-order valence-corrected chi connectivity index (χ2v) is 6.52. The van der Waals surface area contributed by atoms with Crippen LogP contribution in [0.1, 0.15) is 55.8 Å². The quantitative estimate of drug-likeness (QED) is 0.923. The van der Waals surface area contributed by atoms with E-state index in [0.29, 0.717) is 0 Å². The summed E-state index contributed by atoms with van der Waals surface area (Å²) in [6.07, 6.45) is 6.02. The molecular weight excluding hydrogens is 260 g/mol. The lowest BCUT2D eigenvalue weighted by molar-refractivity contribution is -0.132. The molecule has 2 aliphatic rings. The third-order valence-electron chi connectivity index (χ3n) is 4.91. The predicted octanol–water partition coefficient (Wildman–Crippen LogP) is 2.84. The van der Waals surface area contributed by atoms with E-state index in [4.69, 9.17) is 0 Å². The van der Waals surface area contributed by atoms with Crippen LogP contribution in [0.15, 0.2) is 18.2 Å². The van der Waals surface area contributed by atoms with Crippen LogP contribution in [0.3, 0.4) is 0 Å². The number of amides is 1. The summed E-state index contributed by atoms with van der Waals surface area (Å²) in [7, 11) is 0. The van der Waals surface area contributed by atoms with E-state index in [9.17, 15) is 4.79 Å². The van der Waals surface area contributed by atoms with Crippen LogP contribution in [0.5, 0.6) is 0 Å². The molecule has 2 atom stereocenters. The minimum Gasteiger partial charge on any atom is -0.341 e. The fourth-order valence-electron chi connectivity index (χ4n) is 3.61. The van der Waals surface area contributed by atoms with Crippen LogP contribution >= 0.6 is 0 Å². The number of hydrogen-bond donors (Lipinski definition) is 1. The molecule has 0 bridgehead atoms. The summed E-state index contributed by atoms with van der Waals surface area (Å²) in [5, 5.41) is 3.47. The van der Waals surface area contributed by atoms with Gasteiger partial charge in [0, 0.05) is 19.1 Å². The average molecular weight is 286 g/mol. The fourth-order valence-corrected chi connectivity index (χ4v) is 3.61. The van der Waals surface area contributed by atoms with Crippen molar-refractivity contribution in [3.63, 3.8) is 0 Å². The molecule has 1 aromatic carbocycles. The number of benzene rings is 1. The Hall–Kier alpha value is -1.35. The Morgan fingerprint density at radius 2 is 1.81 bits per heavy atom. The van der Waals surface area contributed by atoms with E-state index in [2.05, 4.69) is 30.4 Å². The van der Waals surface area contributed by atoms with Gasteiger partial charge in [0.25, 0.3) is 0 Å². The van der Waals surface area contributed by atoms with Crippen LogP contribution in [0, 0.1) is 0 Å². The van der Waals surface area contributed by atoms with Crippen molar-refractivity contribution in [2.24, 2.45) is 0 Å². The van der Waals surface area contributed by atoms with Crippen molar-refractivity contribution in [2.45, 2.75) is 58.0 Å². The van der Waals surface area contributed by atoms with Crippen molar-refractivity contribution in [3.05, 3.63) is 34.9 Å². The second-order valence-electron chi connectivity index (χ2n) is 6.52. The molecule has 0 radical (unpaired) electrons. The number of fused-ring (bicyclic) bond motifs is 1. The Kier molecular flexibility index (Phi) is 4.29. The molecule has 114 valence electrons. The summed E-state index contributed by atoms with van der Waals surface area (Å²) in [4.78, 5) is 14.4. The normalized spacial score (nSPS) is 20.4. The van der Waals surface area contributed by atoms with E-state index < -0.39 is 0 Å². The van der Waals surface area contributed by atoms with Gasteiger partial charge in [0.2, 0.25) is 5.91 Å². The number of carbonyl (C=O) groups excluding carboxylic acids is 1. The van der Waals surface area contributed by atoms with Crippen LogP contribution in [0.4, 0.5) is 0 Å². The summed E-state index contributed by atoms with van der Waals surface area (Å²) >= 11 is 0. The molecule has 1 N–H and O–H groups in total. The highest BCUT2D eigenvalue weighted by molar-refractivity contribution is 5.81. The summed E-state index contributed by atoms with van der Waals surface area (Å²) in [5.41, 5.74) is 4.31. The maximum absolute atomic E-state index is 12.4. The molecule has 2 unspecified atom stereocenters. The minimum atomic E-state index is -0.105. The van der Waals surface area contributed by atoms with Gasteiger partial charge in [-0.25, -0.2) is 0 Å². The topological polar surface area (TPSA) is 32.3 Å². The Morgan fingerprint density at radius 1 is 1.10 bits per heavy atom. The maximum Gasteiger partial charge on any atom is 0.239 e. The smallest absolute Gasteiger partial charge is 0.239 e.